The van der Waals surface area contributed by atoms with Gasteiger partial charge in [-0.3, -0.25) is 14.5 Å². The smallest absolute Gasteiger partial charge is 0.336 e. The highest BCUT2D eigenvalue weighted by atomic mass is 16.4. The summed E-state index contributed by atoms with van der Waals surface area (Å²) in [7, 11) is 1.49. The second kappa shape index (κ2) is 8.73. The van der Waals surface area contributed by atoms with E-state index in [0.29, 0.717) is 17.3 Å². The van der Waals surface area contributed by atoms with Crippen molar-refractivity contribution in [1.82, 2.24) is 10.2 Å². The van der Waals surface area contributed by atoms with Crippen LogP contribution >= 0.6 is 0 Å². The molecule has 3 aromatic carbocycles. The molecule has 0 aliphatic rings. The summed E-state index contributed by atoms with van der Waals surface area (Å²) >= 11 is 0. The van der Waals surface area contributed by atoms with E-state index in [9.17, 15) is 19.5 Å². The van der Waals surface area contributed by atoms with Crippen LogP contribution in [0.4, 0.5) is 11.5 Å². The van der Waals surface area contributed by atoms with Crippen molar-refractivity contribution in [2.24, 2.45) is 0 Å². The second-order valence-electron chi connectivity index (χ2n) is 7.19. The van der Waals surface area contributed by atoms with Gasteiger partial charge in [-0.2, -0.15) is 5.10 Å². The fourth-order valence-corrected chi connectivity index (χ4v) is 3.45. The van der Waals surface area contributed by atoms with Crippen LogP contribution in [0.25, 0.3) is 10.8 Å². The number of rotatable bonds is 6. The number of nitrogens with zero attached hydrogens (tertiary/aromatic N) is 2. The standard InChI is InChI=1S/C24H20N4O4/c1-28(23(30)18-9-5-6-10-19(18)24(31)32)21-17-12-11-16(13-20(17)22(29)27-26-21)25-14-15-7-3-2-4-8-15/h2-13,25H,14H2,1H3,(H,27,29)(H,31,32). The Morgan fingerprint density at radius 1 is 0.969 bits per heavy atom. The molecular weight excluding hydrogens is 408 g/mol. The molecule has 1 aromatic heterocycles. The molecule has 4 aromatic rings. The maximum atomic E-state index is 13.0. The van der Waals surface area contributed by atoms with Gasteiger partial charge in [-0.15, -0.1) is 0 Å². The van der Waals surface area contributed by atoms with Crippen molar-refractivity contribution in [3.8, 4) is 0 Å². The first-order chi connectivity index (χ1) is 15.5. The van der Waals surface area contributed by atoms with Gasteiger partial charge >= 0.3 is 5.97 Å². The molecule has 3 N–H and O–H groups in total. The Bertz CT molecular complexity index is 1370. The van der Waals surface area contributed by atoms with Crippen LogP contribution in [0.1, 0.15) is 26.3 Å². The maximum absolute atomic E-state index is 13.0. The number of aromatic amines is 1. The molecule has 4 rings (SSSR count). The lowest BCUT2D eigenvalue weighted by molar-refractivity contribution is 0.0692. The minimum atomic E-state index is -1.20. The number of nitrogens with one attached hydrogen (secondary N) is 2. The minimum absolute atomic E-state index is 0.0322. The topological polar surface area (TPSA) is 115 Å². The Morgan fingerprint density at radius 2 is 1.66 bits per heavy atom. The predicted molar refractivity (Wildman–Crippen MR) is 122 cm³/mol. The largest absolute Gasteiger partial charge is 0.478 e. The van der Waals surface area contributed by atoms with Crippen molar-refractivity contribution in [2.45, 2.75) is 6.54 Å². The number of hydrogen-bond donors (Lipinski definition) is 3. The molecule has 160 valence electrons. The normalized spacial score (nSPS) is 10.7. The Labute approximate surface area is 183 Å². The van der Waals surface area contributed by atoms with Crippen LogP contribution in [0.15, 0.2) is 77.6 Å². The summed E-state index contributed by atoms with van der Waals surface area (Å²) in [6.07, 6.45) is 0. The first-order valence-electron chi connectivity index (χ1n) is 9.86. The van der Waals surface area contributed by atoms with Gasteiger partial charge in [0.05, 0.1) is 16.5 Å². The van der Waals surface area contributed by atoms with E-state index in [1.54, 1.807) is 30.3 Å². The lowest BCUT2D eigenvalue weighted by atomic mass is 10.1. The molecule has 1 heterocycles. The van der Waals surface area contributed by atoms with Crippen LogP contribution in [-0.4, -0.2) is 34.2 Å². The molecule has 0 aliphatic heterocycles. The highest BCUT2D eigenvalue weighted by Gasteiger charge is 2.23. The quantitative estimate of drug-likeness (QED) is 0.433. The van der Waals surface area contributed by atoms with E-state index >= 15 is 0 Å². The molecule has 0 radical (unpaired) electrons. The molecule has 0 bridgehead atoms. The molecule has 1 amide bonds. The van der Waals surface area contributed by atoms with Crippen LogP contribution < -0.4 is 15.8 Å². The molecule has 0 atom stereocenters. The third-order valence-electron chi connectivity index (χ3n) is 5.12. The van der Waals surface area contributed by atoms with Crippen LogP contribution in [0.3, 0.4) is 0 Å². The zero-order valence-electron chi connectivity index (χ0n) is 17.2. The Balaban J connectivity index is 1.67. The average molecular weight is 428 g/mol. The second-order valence-corrected chi connectivity index (χ2v) is 7.19. The van der Waals surface area contributed by atoms with E-state index < -0.39 is 11.9 Å². The van der Waals surface area contributed by atoms with Gasteiger partial charge in [-0.05, 0) is 35.9 Å². The Kier molecular flexibility index (Phi) is 5.67. The summed E-state index contributed by atoms with van der Waals surface area (Å²) in [6.45, 7) is 0.590. The molecule has 0 aliphatic carbocycles. The Morgan fingerprint density at radius 3 is 2.38 bits per heavy atom. The van der Waals surface area contributed by atoms with Crippen LogP contribution in [0, 0.1) is 0 Å². The summed E-state index contributed by atoms with van der Waals surface area (Å²) in [4.78, 5) is 38.2. The summed E-state index contributed by atoms with van der Waals surface area (Å²) in [6, 6.07) is 21.0. The molecule has 32 heavy (non-hydrogen) atoms. The third-order valence-corrected chi connectivity index (χ3v) is 5.12. The lowest BCUT2D eigenvalue weighted by Crippen LogP contribution is -2.30. The number of carboxylic acid groups (broad SMARTS) is 1. The van der Waals surface area contributed by atoms with Crippen molar-refractivity contribution < 1.29 is 14.7 Å². The number of carbonyl (C=O) groups is 2. The molecular formula is C24H20N4O4. The first kappa shape index (κ1) is 20.8. The maximum Gasteiger partial charge on any atom is 0.336 e. The fourth-order valence-electron chi connectivity index (χ4n) is 3.45. The SMILES string of the molecule is CN(C(=O)c1ccccc1C(=O)O)c1n[nH]c(=O)c2cc(NCc3ccccc3)ccc12. The van der Waals surface area contributed by atoms with Crippen molar-refractivity contribution in [3.63, 3.8) is 0 Å². The number of fused-ring (bicyclic) bond motifs is 1. The molecule has 0 spiro atoms. The van der Waals surface area contributed by atoms with Crippen molar-refractivity contribution in [3.05, 3.63) is 99.8 Å². The first-order valence-corrected chi connectivity index (χ1v) is 9.86. The van der Waals surface area contributed by atoms with E-state index in [1.165, 1.54) is 24.1 Å². The monoisotopic (exact) mass is 428 g/mol. The van der Waals surface area contributed by atoms with E-state index in [-0.39, 0.29) is 22.5 Å². The van der Waals surface area contributed by atoms with E-state index in [0.717, 1.165) is 11.3 Å². The summed E-state index contributed by atoms with van der Waals surface area (Å²) in [5, 5.41) is 20.0. The van der Waals surface area contributed by atoms with Crippen molar-refractivity contribution in [2.75, 3.05) is 17.3 Å². The minimum Gasteiger partial charge on any atom is -0.478 e. The lowest BCUT2D eigenvalue weighted by Gasteiger charge is -2.19. The Hall–Kier alpha value is -4.46. The number of H-pyrrole nitrogens is 1. The molecule has 8 heteroatoms. The molecule has 0 saturated heterocycles. The van der Waals surface area contributed by atoms with E-state index in [1.807, 2.05) is 30.3 Å². The zero-order chi connectivity index (χ0) is 22.7. The van der Waals surface area contributed by atoms with E-state index in [2.05, 4.69) is 15.5 Å². The number of aromatic nitrogens is 2. The van der Waals surface area contributed by atoms with Gasteiger partial charge in [0.1, 0.15) is 0 Å². The number of benzene rings is 3. The number of carbonyl (C=O) groups excluding carboxylic acids is 1. The van der Waals surface area contributed by atoms with Crippen molar-refractivity contribution >= 4 is 34.2 Å². The van der Waals surface area contributed by atoms with Crippen LogP contribution in [0.5, 0.6) is 0 Å². The number of hydrogen-bond acceptors (Lipinski definition) is 5. The average Bonchev–Trinajstić information content (AvgIpc) is 2.83. The van der Waals surface area contributed by atoms with E-state index in [4.69, 9.17) is 0 Å². The predicted octanol–water partition coefficient (Wildman–Crippen LogP) is 3.51. The molecule has 0 unspecified atom stereocenters. The number of carboxylic acids is 1. The number of amides is 1. The molecule has 0 fully saturated rings. The highest BCUT2D eigenvalue weighted by molar-refractivity contribution is 6.13. The number of aromatic carboxylic acids is 1. The highest BCUT2D eigenvalue weighted by Crippen LogP contribution is 2.25. The van der Waals surface area contributed by atoms with Gasteiger partial charge in [0.2, 0.25) is 0 Å². The summed E-state index contributed by atoms with van der Waals surface area (Å²) in [5.41, 5.74) is 1.38. The van der Waals surface area contributed by atoms with Gasteiger partial charge in [0.15, 0.2) is 5.82 Å². The van der Waals surface area contributed by atoms with Crippen LogP contribution in [0.2, 0.25) is 0 Å². The summed E-state index contributed by atoms with van der Waals surface area (Å²) in [5.74, 6) is -1.52. The third kappa shape index (κ3) is 4.06. The van der Waals surface area contributed by atoms with Gasteiger partial charge in [0.25, 0.3) is 11.5 Å². The molecule has 0 saturated carbocycles. The van der Waals surface area contributed by atoms with Crippen molar-refractivity contribution in [1.29, 1.82) is 0 Å². The fraction of sp³-hybridized carbons (Fsp3) is 0.0833. The van der Waals surface area contributed by atoms with Crippen LogP contribution in [-0.2, 0) is 6.54 Å². The number of anilines is 2. The van der Waals surface area contributed by atoms with Gasteiger partial charge in [0, 0.05) is 24.7 Å². The molecule has 8 nitrogen and oxygen atoms in total. The van der Waals surface area contributed by atoms with Gasteiger partial charge < -0.3 is 10.4 Å². The zero-order valence-corrected chi connectivity index (χ0v) is 17.2. The summed E-state index contributed by atoms with van der Waals surface area (Å²) < 4.78 is 0. The van der Waals surface area contributed by atoms with Gasteiger partial charge in [-0.25, -0.2) is 9.89 Å². The van der Waals surface area contributed by atoms with Gasteiger partial charge in [-0.1, -0.05) is 42.5 Å².